The summed E-state index contributed by atoms with van der Waals surface area (Å²) in [5.41, 5.74) is 4.31. The molecule has 0 unspecified atom stereocenters. The Hall–Kier alpha value is -2.46. The molecule has 4 heteroatoms. The van der Waals surface area contributed by atoms with Gasteiger partial charge in [-0.15, -0.1) is 0 Å². The van der Waals surface area contributed by atoms with E-state index in [1.54, 1.807) is 4.90 Å². The first-order chi connectivity index (χ1) is 10.6. The van der Waals surface area contributed by atoms with Gasteiger partial charge in [0.25, 0.3) is 5.91 Å². The molecule has 0 N–H and O–H groups in total. The lowest BCUT2D eigenvalue weighted by Gasteiger charge is -2.21. The molecule has 22 heavy (non-hydrogen) atoms. The van der Waals surface area contributed by atoms with Crippen molar-refractivity contribution in [2.24, 2.45) is 4.99 Å². The van der Waals surface area contributed by atoms with Crippen LogP contribution < -0.4 is 4.90 Å². The van der Waals surface area contributed by atoms with Gasteiger partial charge in [0.2, 0.25) is 0 Å². The first-order valence-electron chi connectivity index (χ1n) is 7.27. The van der Waals surface area contributed by atoms with Crippen LogP contribution in [-0.4, -0.2) is 37.3 Å². The van der Waals surface area contributed by atoms with Crippen LogP contribution in [0.25, 0.3) is 0 Å². The molecule has 2 aromatic rings. The Morgan fingerprint density at radius 2 is 1.73 bits per heavy atom. The zero-order chi connectivity index (χ0) is 15.7. The molecule has 4 nitrogen and oxygen atoms in total. The smallest absolute Gasteiger partial charge is 0.278 e. The van der Waals surface area contributed by atoms with E-state index < -0.39 is 0 Å². The Labute approximate surface area is 130 Å². The van der Waals surface area contributed by atoms with Crippen LogP contribution in [0.15, 0.2) is 53.5 Å². The van der Waals surface area contributed by atoms with Gasteiger partial charge in [0.1, 0.15) is 5.71 Å². The Balaban J connectivity index is 2.05. The maximum Gasteiger partial charge on any atom is 0.278 e. The van der Waals surface area contributed by atoms with E-state index in [4.69, 9.17) is 0 Å². The largest absolute Gasteiger partial charge is 0.293 e. The van der Waals surface area contributed by atoms with Crippen LogP contribution in [0.3, 0.4) is 0 Å². The van der Waals surface area contributed by atoms with E-state index in [9.17, 15) is 4.79 Å². The van der Waals surface area contributed by atoms with Crippen LogP contribution in [0, 0.1) is 6.92 Å². The molecule has 0 spiro atoms. The molecule has 1 aliphatic heterocycles. The van der Waals surface area contributed by atoms with Gasteiger partial charge >= 0.3 is 0 Å². The third-order valence-corrected chi connectivity index (χ3v) is 3.60. The number of benzene rings is 2. The number of aryl methyl sites for hydroxylation is 1. The third-order valence-electron chi connectivity index (χ3n) is 3.60. The summed E-state index contributed by atoms with van der Waals surface area (Å²) in [6, 6.07) is 15.7. The fraction of sp³-hybridized carbons (Fsp3) is 0.222. The summed E-state index contributed by atoms with van der Waals surface area (Å²) >= 11 is 0. The maximum atomic E-state index is 12.7. The minimum absolute atomic E-state index is 0.0459. The van der Waals surface area contributed by atoms with Crippen LogP contribution in [0.4, 0.5) is 11.4 Å². The first kappa shape index (κ1) is 14.5. The van der Waals surface area contributed by atoms with Gasteiger partial charge in [0.15, 0.2) is 0 Å². The second-order valence-corrected chi connectivity index (χ2v) is 5.77. The third kappa shape index (κ3) is 2.65. The molecule has 112 valence electrons. The van der Waals surface area contributed by atoms with Crippen molar-refractivity contribution in [1.29, 1.82) is 0 Å². The molecule has 2 aromatic carbocycles. The summed E-state index contributed by atoms with van der Waals surface area (Å²) in [5, 5.41) is 0. The van der Waals surface area contributed by atoms with Crippen molar-refractivity contribution in [2.75, 3.05) is 25.7 Å². The second kappa shape index (κ2) is 5.73. The number of amides is 1. The molecule has 3 rings (SSSR count). The van der Waals surface area contributed by atoms with E-state index in [1.807, 2.05) is 74.4 Å². The highest BCUT2D eigenvalue weighted by molar-refractivity contribution is 6.54. The average Bonchev–Trinajstić information content (AvgIpc) is 2.75. The topological polar surface area (TPSA) is 35.9 Å². The van der Waals surface area contributed by atoms with Crippen molar-refractivity contribution < 1.29 is 4.79 Å². The SMILES string of the molecule is Cc1ccc(N=C2C(=O)N(CN(C)C)c3ccccc32)cc1. The zero-order valence-electron chi connectivity index (χ0n) is 13.1. The number of carbonyl (C=O) groups excluding carboxylic acids is 1. The molecule has 0 atom stereocenters. The number of hydrogen-bond donors (Lipinski definition) is 0. The highest BCUT2D eigenvalue weighted by atomic mass is 16.2. The lowest BCUT2D eigenvalue weighted by atomic mass is 10.1. The predicted octanol–water partition coefficient (Wildman–Crippen LogP) is 2.98. The summed E-state index contributed by atoms with van der Waals surface area (Å²) in [7, 11) is 3.90. The van der Waals surface area contributed by atoms with Gasteiger partial charge in [-0.2, -0.15) is 0 Å². The van der Waals surface area contributed by atoms with Gasteiger partial charge in [0.05, 0.1) is 18.0 Å². The van der Waals surface area contributed by atoms with Crippen LogP contribution in [0.5, 0.6) is 0 Å². The average molecular weight is 293 g/mol. The van der Waals surface area contributed by atoms with Gasteiger partial charge in [-0.25, -0.2) is 4.99 Å². The van der Waals surface area contributed by atoms with Crippen LogP contribution in [-0.2, 0) is 4.79 Å². The molecule has 0 aromatic heterocycles. The molecular weight excluding hydrogens is 274 g/mol. The molecule has 0 saturated carbocycles. The van der Waals surface area contributed by atoms with Gasteiger partial charge < -0.3 is 0 Å². The maximum absolute atomic E-state index is 12.7. The molecule has 1 heterocycles. The Kier molecular flexibility index (Phi) is 3.77. The van der Waals surface area contributed by atoms with Crippen molar-refractivity contribution >= 4 is 23.0 Å². The quantitative estimate of drug-likeness (QED) is 0.872. The first-order valence-corrected chi connectivity index (χ1v) is 7.27. The Bertz CT molecular complexity index is 732. The van der Waals surface area contributed by atoms with Crippen LogP contribution >= 0.6 is 0 Å². The monoisotopic (exact) mass is 293 g/mol. The molecule has 1 aliphatic rings. The van der Waals surface area contributed by atoms with Crippen molar-refractivity contribution in [3.63, 3.8) is 0 Å². The van der Waals surface area contributed by atoms with E-state index in [0.29, 0.717) is 12.4 Å². The summed E-state index contributed by atoms with van der Waals surface area (Å²) in [4.78, 5) is 21.1. The molecule has 1 amide bonds. The van der Waals surface area contributed by atoms with Crippen molar-refractivity contribution in [3.05, 3.63) is 59.7 Å². The number of hydrogen-bond acceptors (Lipinski definition) is 3. The minimum Gasteiger partial charge on any atom is -0.293 e. The molecule has 0 fully saturated rings. The molecule has 0 bridgehead atoms. The lowest BCUT2D eigenvalue weighted by molar-refractivity contribution is -0.112. The highest BCUT2D eigenvalue weighted by Gasteiger charge is 2.33. The Morgan fingerprint density at radius 1 is 1.05 bits per heavy atom. The number of rotatable bonds is 3. The van der Waals surface area contributed by atoms with Gasteiger partial charge in [-0.1, -0.05) is 35.9 Å². The summed E-state index contributed by atoms with van der Waals surface area (Å²) in [6.45, 7) is 2.58. The summed E-state index contributed by atoms with van der Waals surface area (Å²) in [5.74, 6) is -0.0459. The fourth-order valence-corrected chi connectivity index (χ4v) is 2.54. The number of para-hydroxylation sites is 1. The number of carbonyl (C=O) groups is 1. The van der Waals surface area contributed by atoms with Gasteiger partial charge in [-0.05, 0) is 39.2 Å². The highest BCUT2D eigenvalue weighted by Crippen LogP contribution is 2.30. The van der Waals surface area contributed by atoms with E-state index in [0.717, 1.165) is 16.9 Å². The molecule has 0 saturated heterocycles. The van der Waals surface area contributed by atoms with E-state index in [1.165, 1.54) is 5.56 Å². The Morgan fingerprint density at radius 3 is 2.41 bits per heavy atom. The van der Waals surface area contributed by atoms with Gasteiger partial charge in [0, 0.05) is 5.56 Å². The normalized spacial score (nSPS) is 15.7. The standard InChI is InChI=1S/C18H19N3O/c1-13-8-10-14(11-9-13)19-17-15-6-4-5-7-16(15)21(18(17)22)12-20(2)3/h4-11H,12H2,1-3H3. The lowest BCUT2D eigenvalue weighted by Crippen LogP contribution is -2.37. The van der Waals surface area contributed by atoms with E-state index in [2.05, 4.69) is 4.99 Å². The van der Waals surface area contributed by atoms with Gasteiger partial charge in [-0.3, -0.25) is 14.6 Å². The molecule has 0 aliphatic carbocycles. The minimum atomic E-state index is -0.0459. The number of anilines is 1. The number of fused-ring (bicyclic) bond motifs is 1. The summed E-state index contributed by atoms with van der Waals surface area (Å²) in [6.07, 6.45) is 0. The fourth-order valence-electron chi connectivity index (χ4n) is 2.54. The van der Waals surface area contributed by atoms with Crippen molar-refractivity contribution in [2.45, 2.75) is 6.92 Å². The number of aliphatic imine (C=N–C) groups is 1. The molecular formula is C18H19N3O. The van der Waals surface area contributed by atoms with Crippen LogP contribution in [0.2, 0.25) is 0 Å². The molecule has 0 radical (unpaired) electrons. The van der Waals surface area contributed by atoms with Crippen molar-refractivity contribution in [1.82, 2.24) is 4.90 Å². The van der Waals surface area contributed by atoms with Crippen molar-refractivity contribution in [3.8, 4) is 0 Å². The predicted molar refractivity (Wildman–Crippen MR) is 89.9 cm³/mol. The zero-order valence-corrected chi connectivity index (χ0v) is 13.1. The second-order valence-electron chi connectivity index (χ2n) is 5.77. The van der Waals surface area contributed by atoms with Crippen LogP contribution in [0.1, 0.15) is 11.1 Å². The van der Waals surface area contributed by atoms with E-state index >= 15 is 0 Å². The number of nitrogens with zero attached hydrogens (tertiary/aromatic N) is 3. The summed E-state index contributed by atoms with van der Waals surface area (Å²) < 4.78 is 0. The van der Waals surface area contributed by atoms with E-state index in [-0.39, 0.29) is 5.91 Å².